The number of fused-ring (bicyclic) bond motifs is 1. The molecule has 0 amide bonds. The zero-order chi connectivity index (χ0) is 18.8. The molecule has 4 rings (SSSR count). The van der Waals surface area contributed by atoms with Crippen LogP contribution in [0.3, 0.4) is 0 Å². The molecule has 3 heterocycles. The van der Waals surface area contributed by atoms with Gasteiger partial charge in [-0.05, 0) is 43.9 Å². The van der Waals surface area contributed by atoms with E-state index >= 15 is 0 Å². The predicted octanol–water partition coefficient (Wildman–Crippen LogP) is 3.49. The number of aryl methyl sites for hydroxylation is 1. The van der Waals surface area contributed by atoms with Gasteiger partial charge in [0.25, 0.3) is 0 Å². The molecule has 27 heavy (non-hydrogen) atoms. The molecule has 0 radical (unpaired) electrons. The summed E-state index contributed by atoms with van der Waals surface area (Å²) in [5.41, 5.74) is 1.60. The van der Waals surface area contributed by atoms with Crippen molar-refractivity contribution >= 4 is 22.6 Å². The van der Waals surface area contributed by atoms with Crippen LogP contribution in [0.2, 0.25) is 0 Å². The van der Waals surface area contributed by atoms with Crippen LogP contribution in [0.15, 0.2) is 35.0 Å². The van der Waals surface area contributed by atoms with Gasteiger partial charge in [-0.15, -0.1) is 0 Å². The zero-order valence-electron chi connectivity index (χ0n) is 15.3. The first-order valence-corrected chi connectivity index (χ1v) is 9.23. The van der Waals surface area contributed by atoms with Crippen molar-refractivity contribution < 1.29 is 13.9 Å². The number of aliphatic hydroxyl groups is 1. The Morgan fingerprint density at radius 3 is 3.07 bits per heavy atom. The second-order valence-corrected chi connectivity index (χ2v) is 7.04. The molecular weight excluding hydrogens is 347 g/mol. The lowest BCUT2D eigenvalue weighted by atomic mass is 9.99. The molecule has 142 valence electrons. The Bertz CT molecular complexity index is 943. The van der Waals surface area contributed by atoms with Crippen LogP contribution in [0.25, 0.3) is 11.0 Å². The van der Waals surface area contributed by atoms with Crippen molar-refractivity contribution in [2.24, 2.45) is 5.92 Å². The molecule has 1 unspecified atom stereocenters. The van der Waals surface area contributed by atoms with E-state index in [-0.39, 0.29) is 12.4 Å². The van der Waals surface area contributed by atoms with Crippen molar-refractivity contribution in [3.8, 4) is 0 Å². The summed E-state index contributed by atoms with van der Waals surface area (Å²) in [6.07, 6.45) is 3.64. The van der Waals surface area contributed by atoms with E-state index in [1.807, 2.05) is 13.0 Å². The van der Waals surface area contributed by atoms with Crippen molar-refractivity contribution in [3.63, 3.8) is 0 Å². The van der Waals surface area contributed by atoms with Crippen LogP contribution >= 0.6 is 0 Å². The number of piperidine rings is 1. The average Bonchev–Trinajstić information content (AvgIpc) is 3.02. The summed E-state index contributed by atoms with van der Waals surface area (Å²) in [7, 11) is 0. The first-order chi connectivity index (χ1) is 13.1. The lowest BCUT2D eigenvalue weighted by Crippen LogP contribution is -2.37. The normalized spacial score (nSPS) is 17.4. The Morgan fingerprint density at radius 1 is 1.33 bits per heavy atom. The average molecular weight is 370 g/mol. The summed E-state index contributed by atoms with van der Waals surface area (Å²) >= 11 is 0. The van der Waals surface area contributed by atoms with E-state index in [2.05, 4.69) is 20.2 Å². The minimum absolute atomic E-state index is 0.207. The summed E-state index contributed by atoms with van der Waals surface area (Å²) in [6.45, 7) is 4.33. The number of furan rings is 1. The number of nitrogens with zero attached hydrogens (tertiary/aromatic N) is 3. The first kappa shape index (κ1) is 17.7. The highest BCUT2D eigenvalue weighted by atomic mass is 19.1. The van der Waals surface area contributed by atoms with Gasteiger partial charge in [-0.2, -0.15) is 0 Å². The van der Waals surface area contributed by atoms with Gasteiger partial charge in [0, 0.05) is 36.7 Å². The maximum atomic E-state index is 13.5. The van der Waals surface area contributed by atoms with E-state index in [1.54, 1.807) is 12.4 Å². The molecule has 1 aromatic carbocycles. The highest BCUT2D eigenvalue weighted by Gasteiger charge is 2.20. The van der Waals surface area contributed by atoms with Gasteiger partial charge in [0.15, 0.2) is 0 Å². The lowest BCUT2D eigenvalue weighted by molar-refractivity contribution is 0.208. The zero-order valence-corrected chi connectivity index (χ0v) is 15.3. The molecule has 1 aliphatic rings. The number of hydrogen-bond acceptors (Lipinski definition) is 6. The number of benzene rings is 1. The summed E-state index contributed by atoms with van der Waals surface area (Å²) < 4.78 is 19.3. The third-order valence-corrected chi connectivity index (χ3v) is 5.18. The van der Waals surface area contributed by atoms with Crippen LogP contribution < -0.4 is 10.2 Å². The lowest BCUT2D eigenvalue weighted by Gasteiger charge is -2.32. The van der Waals surface area contributed by atoms with Gasteiger partial charge in [0.2, 0.25) is 0 Å². The number of aromatic nitrogens is 2. The third kappa shape index (κ3) is 3.73. The second kappa shape index (κ2) is 7.52. The number of rotatable bonds is 5. The molecule has 1 fully saturated rings. The van der Waals surface area contributed by atoms with Crippen LogP contribution in [0, 0.1) is 18.7 Å². The molecule has 0 bridgehead atoms. The van der Waals surface area contributed by atoms with Gasteiger partial charge in [-0.3, -0.25) is 0 Å². The van der Waals surface area contributed by atoms with Crippen LogP contribution in [0.1, 0.15) is 24.2 Å². The van der Waals surface area contributed by atoms with Crippen molar-refractivity contribution in [1.29, 1.82) is 0 Å². The molecule has 0 spiro atoms. The van der Waals surface area contributed by atoms with Gasteiger partial charge in [0.05, 0.1) is 6.54 Å². The first-order valence-electron chi connectivity index (χ1n) is 9.23. The molecule has 6 nitrogen and oxygen atoms in total. The predicted molar refractivity (Wildman–Crippen MR) is 102 cm³/mol. The molecular formula is C20H23FN4O2. The van der Waals surface area contributed by atoms with Crippen LogP contribution in [0.4, 0.5) is 16.0 Å². The topological polar surface area (TPSA) is 74.4 Å². The van der Waals surface area contributed by atoms with Crippen molar-refractivity contribution in [2.75, 3.05) is 29.9 Å². The van der Waals surface area contributed by atoms with E-state index in [0.717, 1.165) is 48.5 Å². The SMILES string of the molecule is Cc1c(CNc2cc(N3CCCC(CO)C3)ncn2)oc2ccc(F)cc12. The summed E-state index contributed by atoms with van der Waals surface area (Å²) in [6, 6.07) is 6.46. The van der Waals surface area contributed by atoms with E-state index in [1.165, 1.54) is 12.1 Å². The van der Waals surface area contributed by atoms with Crippen molar-refractivity contribution in [3.05, 3.63) is 47.7 Å². The number of aliphatic hydroxyl groups excluding tert-OH is 1. The fourth-order valence-electron chi connectivity index (χ4n) is 3.62. The van der Waals surface area contributed by atoms with Gasteiger partial charge < -0.3 is 19.7 Å². The minimum Gasteiger partial charge on any atom is -0.459 e. The molecule has 3 aromatic rings. The number of nitrogens with one attached hydrogen (secondary N) is 1. The van der Waals surface area contributed by atoms with E-state index in [9.17, 15) is 9.50 Å². The molecule has 1 saturated heterocycles. The summed E-state index contributed by atoms with van der Waals surface area (Å²) in [5.74, 6) is 2.35. The maximum absolute atomic E-state index is 13.5. The fourth-order valence-corrected chi connectivity index (χ4v) is 3.62. The molecule has 0 aliphatic carbocycles. The number of anilines is 2. The largest absolute Gasteiger partial charge is 0.459 e. The highest BCUT2D eigenvalue weighted by Crippen LogP contribution is 2.27. The summed E-state index contributed by atoms with van der Waals surface area (Å²) in [4.78, 5) is 10.9. The fraction of sp³-hybridized carbons (Fsp3) is 0.400. The van der Waals surface area contributed by atoms with Gasteiger partial charge in [-0.1, -0.05) is 0 Å². The minimum atomic E-state index is -0.269. The Morgan fingerprint density at radius 2 is 2.22 bits per heavy atom. The van der Waals surface area contributed by atoms with E-state index < -0.39 is 0 Å². The molecule has 1 atom stereocenters. The Balaban J connectivity index is 1.48. The number of hydrogen-bond donors (Lipinski definition) is 2. The van der Waals surface area contributed by atoms with Gasteiger partial charge in [-0.25, -0.2) is 14.4 Å². The van der Waals surface area contributed by atoms with E-state index in [0.29, 0.717) is 23.9 Å². The molecule has 1 aliphatic heterocycles. The smallest absolute Gasteiger partial charge is 0.134 e. The number of halogens is 1. The molecule has 7 heteroatoms. The van der Waals surface area contributed by atoms with Crippen LogP contribution in [0.5, 0.6) is 0 Å². The Labute approximate surface area is 157 Å². The third-order valence-electron chi connectivity index (χ3n) is 5.18. The van der Waals surface area contributed by atoms with Gasteiger partial charge >= 0.3 is 0 Å². The Hall–Kier alpha value is -2.67. The molecule has 2 N–H and O–H groups in total. The second-order valence-electron chi connectivity index (χ2n) is 7.04. The van der Waals surface area contributed by atoms with Gasteiger partial charge in [0.1, 0.15) is 35.1 Å². The molecule has 2 aromatic heterocycles. The Kier molecular flexibility index (Phi) is 4.94. The quantitative estimate of drug-likeness (QED) is 0.716. The van der Waals surface area contributed by atoms with E-state index in [4.69, 9.17) is 4.42 Å². The highest BCUT2D eigenvalue weighted by molar-refractivity contribution is 5.82. The maximum Gasteiger partial charge on any atom is 0.134 e. The van der Waals surface area contributed by atoms with Crippen molar-refractivity contribution in [2.45, 2.75) is 26.3 Å². The monoisotopic (exact) mass is 370 g/mol. The summed E-state index contributed by atoms with van der Waals surface area (Å²) in [5, 5.41) is 13.5. The van der Waals surface area contributed by atoms with Crippen LogP contribution in [-0.2, 0) is 6.54 Å². The standard InChI is InChI=1S/C20H23FN4O2/c1-13-16-7-15(21)4-5-17(16)27-18(13)9-22-19-8-20(24-12-23-19)25-6-2-3-14(10-25)11-26/h4-5,7-8,12,14,26H,2-3,6,9-11H2,1H3,(H,22,23,24). The molecule has 0 saturated carbocycles. The van der Waals surface area contributed by atoms with Crippen LogP contribution in [-0.4, -0.2) is 34.8 Å². The van der Waals surface area contributed by atoms with Crippen molar-refractivity contribution in [1.82, 2.24) is 9.97 Å².